The first-order chi connectivity index (χ1) is 8.93. The Kier molecular flexibility index (Phi) is 2.83. The second kappa shape index (κ2) is 4.33. The van der Waals surface area contributed by atoms with E-state index in [1.54, 1.807) is 0 Å². The molecule has 1 N–H and O–H groups in total. The third-order valence-corrected chi connectivity index (χ3v) is 2.58. The largest absolute Gasteiger partial charge is 0.507 e. The summed E-state index contributed by atoms with van der Waals surface area (Å²) in [5, 5.41) is 31.2. The lowest BCUT2D eigenvalue weighted by Crippen LogP contribution is -1.94. The number of aldehydes is 1. The van der Waals surface area contributed by atoms with E-state index >= 15 is 0 Å². The molecule has 0 aromatic heterocycles. The minimum Gasteiger partial charge on any atom is -0.507 e. The van der Waals surface area contributed by atoms with Crippen LogP contribution < -0.4 is 0 Å². The fraction of sp³-hybridized carbons (Fsp3) is 0. The van der Waals surface area contributed by atoms with E-state index in [1.165, 1.54) is 0 Å². The van der Waals surface area contributed by atoms with Crippen LogP contribution in [0.1, 0.15) is 10.4 Å². The number of carbonyl (C=O) groups excluding carboxylic acids is 1. The maximum Gasteiger partial charge on any atom is 0.273 e. The number of phenolic OH excluding ortho intramolecular Hbond substituents is 1. The molecule has 0 spiro atoms. The van der Waals surface area contributed by atoms with Crippen molar-refractivity contribution in [3.8, 4) is 5.75 Å². The quantitative estimate of drug-likeness (QED) is 0.513. The summed E-state index contributed by atoms with van der Waals surface area (Å²) < 4.78 is 0. The molecule has 0 bridgehead atoms. The van der Waals surface area contributed by atoms with Crippen molar-refractivity contribution in [2.45, 2.75) is 0 Å². The minimum atomic E-state index is -0.738. The summed E-state index contributed by atoms with van der Waals surface area (Å²) in [7, 11) is 0. The average Bonchev–Trinajstić information content (AvgIpc) is 2.36. The van der Waals surface area contributed by atoms with E-state index in [9.17, 15) is 30.1 Å². The van der Waals surface area contributed by atoms with Crippen LogP contribution in [0.4, 0.5) is 11.4 Å². The Bertz CT molecular complexity index is 719. The number of fused-ring (bicyclic) bond motifs is 1. The molecular weight excluding hydrogens is 256 g/mol. The Morgan fingerprint density at radius 1 is 1.00 bits per heavy atom. The van der Waals surface area contributed by atoms with Crippen LogP contribution in [0.3, 0.4) is 0 Å². The van der Waals surface area contributed by atoms with Gasteiger partial charge in [-0.25, -0.2) is 0 Å². The van der Waals surface area contributed by atoms with Gasteiger partial charge in [0.1, 0.15) is 5.75 Å². The van der Waals surface area contributed by atoms with Crippen molar-refractivity contribution in [3.05, 3.63) is 50.1 Å². The molecule has 0 unspecified atom stereocenters. The number of nitrogens with zero attached hydrogens (tertiary/aromatic N) is 2. The molecule has 2 rings (SSSR count). The number of aromatic hydroxyl groups is 1. The van der Waals surface area contributed by atoms with Gasteiger partial charge < -0.3 is 5.11 Å². The molecule has 8 nitrogen and oxygen atoms in total. The molecule has 2 aromatic carbocycles. The van der Waals surface area contributed by atoms with Crippen molar-refractivity contribution < 1.29 is 19.7 Å². The standard InChI is InChI=1S/C11H6N2O6/c14-5-7-3-8(12(16)17)1-6-2-9(13(18)19)4-10(15)11(6)7/h1-5,15H. The van der Waals surface area contributed by atoms with Crippen LogP contribution in [-0.2, 0) is 0 Å². The molecule has 2 aromatic rings. The van der Waals surface area contributed by atoms with Gasteiger partial charge in [0.15, 0.2) is 6.29 Å². The zero-order valence-corrected chi connectivity index (χ0v) is 9.27. The topological polar surface area (TPSA) is 124 Å². The number of benzene rings is 2. The van der Waals surface area contributed by atoms with Crippen LogP contribution in [0.25, 0.3) is 10.8 Å². The van der Waals surface area contributed by atoms with Gasteiger partial charge in [0.2, 0.25) is 0 Å². The lowest BCUT2D eigenvalue weighted by Gasteiger charge is -2.04. The fourth-order valence-corrected chi connectivity index (χ4v) is 1.80. The van der Waals surface area contributed by atoms with Gasteiger partial charge in [-0.05, 0) is 5.39 Å². The maximum absolute atomic E-state index is 10.9. The van der Waals surface area contributed by atoms with Crippen LogP contribution in [0, 0.1) is 20.2 Å². The van der Waals surface area contributed by atoms with Gasteiger partial charge in [0, 0.05) is 29.1 Å². The lowest BCUT2D eigenvalue weighted by atomic mass is 10.0. The van der Waals surface area contributed by atoms with E-state index in [4.69, 9.17) is 0 Å². The van der Waals surface area contributed by atoms with Crippen LogP contribution in [0.5, 0.6) is 5.75 Å². The summed E-state index contributed by atoms with van der Waals surface area (Å²) in [6.07, 6.45) is 0.348. The molecule has 0 fully saturated rings. The Labute approximate surface area is 105 Å². The van der Waals surface area contributed by atoms with Gasteiger partial charge in [-0.15, -0.1) is 0 Å². The van der Waals surface area contributed by atoms with E-state index in [1.807, 2.05) is 0 Å². The first kappa shape index (κ1) is 12.4. The predicted molar refractivity (Wildman–Crippen MR) is 64.3 cm³/mol. The number of non-ortho nitro benzene ring substituents is 2. The highest BCUT2D eigenvalue weighted by Crippen LogP contribution is 2.34. The molecule has 8 heteroatoms. The Hall–Kier alpha value is -3.03. The molecule has 0 radical (unpaired) electrons. The molecule has 0 aliphatic carbocycles. The van der Waals surface area contributed by atoms with Crippen molar-refractivity contribution in [3.63, 3.8) is 0 Å². The van der Waals surface area contributed by atoms with Crippen LogP contribution in [0.2, 0.25) is 0 Å². The van der Waals surface area contributed by atoms with E-state index < -0.39 is 21.3 Å². The maximum atomic E-state index is 10.9. The van der Waals surface area contributed by atoms with Crippen molar-refractivity contribution in [2.24, 2.45) is 0 Å². The van der Waals surface area contributed by atoms with Crippen molar-refractivity contribution in [1.82, 2.24) is 0 Å². The second-order valence-electron chi connectivity index (χ2n) is 3.73. The summed E-state index contributed by atoms with van der Waals surface area (Å²) >= 11 is 0. The highest BCUT2D eigenvalue weighted by Gasteiger charge is 2.18. The van der Waals surface area contributed by atoms with E-state index in [2.05, 4.69) is 0 Å². The van der Waals surface area contributed by atoms with Crippen LogP contribution in [-0.4, -0.2) is 21.2 Å². The number of phenols is 1. The third-order valence-electron chi connectivity index (χ3n) is 2.58. The second-order valence-corrected chi connectivity index (χ2v) is 3.73. The molecular formula is C11H6N2O6. The first-order valence-electron chi connectivity index (χ1n) is 4.98. The van der Waals surface area contributed by atoms with E-state index in [-0.39, 0.29) is 22.0 Å². The number of nitro benzene ring substituents is 2. The lowest BCUT2D eigenvalue weighted by molar-refractivity contribution is -0.385. The third kappa shape index (κ3) is 2.06. The Morgan fingerprint density at radius 2 is 1.53 bits per heavy atom. The summed E-state index contributed by atoms with van der Waals surface area (Å²) in [4.78, 5) is 30.8. The Morgan fingerprint density at radius 3 is 2.00 bits per heavy atom. The summed E-state index contributed by atoms with van der Waals surface area (Å²) in [6, 6.07) is 4.02. The fourth-order valence-electron chi connectivity index (χ4n) is 1.80. The van der Waals surface area contributed by atoms with Gasteiger partial charge in [-0.1, -0.05) is 0 Å². The van der Waals surface area contributed by atoms with Crippen LogP contribution >= 0.6 is 0 Å². The van der Waals surface area contributed by atoms with Gasteiger partial charge in [0.05, 0.1) is 15.9 Å². The van der Waals surface area contributed by atoms with Crippen molar-refractivity contribution in [2.75, 3.05) is 0 Å². The molecule has 19 heavy (non-hydrogen) atoms. The van der Waals surface area contributed by atoms with Gasteiger partial charge in [-0.3, -0.25) is 25.0 Å². The van der Waals surface area contributed by atoms with E-state index in [0.29, 0.717) is 6.29 Å². The average molecular weight is 262 g/mol. The van der Waals surface area contributed by atoms with Gasteiger partial charge in [-0.2, -0.15) is 0 Å². The zero-order valence-electron chi connectivity index (χ0n) is 9.27. The highest BCUT2D eigenvalue weighted by molar-refractivity contribution is 6.03. The van der Waals surface area contributed by atoms with Crippen LogP contribution in [0.15, 0.2) is 24.3 Å². The summed E-state index contributed by atoms with van der Waals surface area (Å²) in [6.45, 7) is 0. The zero-order chi connectivity index (χ0) is 14.2. The Balaban J connectivity index is 2.90. The number of carbonyl (C=O) groups is 1. The minimum absolute atomic E-state index is 0.0474. The van der Waals surface area contributed by atoms with E-state index in [0.717, 1.165) is 24.3 Å². The van der Waals surface area contributed by atoms with Crippen molar-refractivity contribution >= 4 is 28.4 Å². The number of hydrogen-bond donors (Lipinski definition) is 1. The molecule has 0 heterocycles. The smallest absolute Gasteiger partial charge is 0.273 e. The molecule has 0 atom stereocenters. The van der Waals surface area contributed by atoms with Gasteiger partial charge >= 0.3 is 0 Å². The molecule has 0 saturated heterocycles. The molecule has 96 valence electrons. The number of hydrogen-bond acceptors (Lipinski definition) is 6. The normalized spacial score (nSPS) is 10.3. The van der Waals surface area contributed by atoms with Crippen molar-refractivity contribution in [1.29, 1.82) is 0 Å². The predicted octanol–water partition coefficient (Wildman–Crippen LogP) is 2.17. The molecule has 0 aliphatic rings. The number of nitro groups is 2. The highest BCUT2D eigenvalue weighted by atomic mass is 16.6. The summed E-state index contributed by atoms with van der Waals surface area (Å²) in [5.74, 6) is -0.471. The molecule has 0 saturated carbocycles. The first-order valence-corrected chi connectivity index (χ1v) is 4.98. The summed E-state index contributed by atoms with van der Waals surface area (Å²) in [5.41, 5.74) is -0.895. The molecule has 0 amide bonds. The SMILES string of the molecule is O=Cc1cc([N+](=O)[O-])cc2cc([N+](=O)[O-])cc(O)c12. The number of rotatable bonds is 3. The van der Waals surface area contributed by atoms with Gasteiger partial charge in [0.25, 0.3) is 11.4 Å². The molecule has 0 aliphatic heterocycles. The monoisotopic (exact) mass is 262 g/mol.